The number of hydrogen-bond acceptors (Lipinski definition) is 3. The molecule has 1 fully saturated rings. The lowest BCUT2D eigenvalue weighted by atomic mass is 9.78. The Hall–Kier alpha value is -2.02. The first kappa shape index (κ1) is 15.4. The Morgan fingerprint density at radius 1 is 1.38 bits per heavy atom. The summed E-state index contributed by atoms with van der Waals surface area (Å²) in [5.74, 6) is 1.48. The van der Waals surface area contributed by atoms with Gasteiger partial charge in [-0.15, -0.1) is 0 Å². The quantitative estimate of drug-likeness (QED) is 0.925. The Labute approximate surface area is 126 Å². The van der Waals surface area contributed by atoms with Crippen molar-refractivity contribution >= 4 is 5.91 Å². The highest BCUT2D eigenvalue weighted by Crippen LogP contribution is 2.29. The molecule has 112 valence electrons. The van der Waals surface area contributed by atoms with E-state index in [2.05, 4.69) is 25.2 Å². The third-order valence-corrected chi connectivity index (χ3v) is 4.42. The summed E-state index contributed by atoms with van der Waals surface area (Å²) in [5.41, 5.74) is 0.449. The second-order valence-electron chi connectivity index (χ2n) is 5.84. The van der Waals surface area contributed by atoms with Crippen molar-refractivity contribution in [1.29, 1.82) is 5.26 Å². The third-order valence-electron chi connectivity index (χ3n) is 4.42. The van der Waals surface area contributed by atoms with Gasteiger partial charge in [0.15, 0.2) is 6.61 Å². The molecule has 1 N–H and O–H groups in total. The smallest absolute Gasteiger partial charge is 0.258 e. The van der Waals surface area contributed by atoms with Gasteiger partial charge in [0.2, 0.25) is 0 Å². The van der Waals surface area contributed by atoms with Crippen molar-refractivity contribution in [3.8, 4) is 11.8 Å². The van der Waals surface area contributed by atoms with Crippen molar-refractivity contribution in [2.75, 3.05) is 6.61 Å². The van der Waals surface area contributed by atoms with Crippen LogP contribution >= 0.6 is 0 Å². The summed E-state index contributed by atoms with van der Waals surface area (Å²) in [7, 11) is 0. The number of carbonyl (C=O) groups excluding carboxylic acids is 1. The predicted octanol–water partition coefficient (Wildman–Crippen LogP) is 2.88. The van der Waals surface area contributed by atoms with Gasteiger partial charge in [0.1, 0.15) is 11.8 Å². The van der Waals surface area contributed by atoms with E-state index in [1.165, 1.54) is 6.42 Å². The van der Waals surface area contributed by atoms with Gasteiger partial charge >= 0.3 is 0 Å². The van der Waals surface area contributed by atoms with Crippen LogP contribution < -0.4 is 10.1 Å². The number of rotatable bonds is 4. The SMILES string of the molecule is C[C@H]1[C@@H](NC(=O)COc2ccccc2C#N)CCC[C@@H]1C. The Bertz CT molecular complexity index is 536. The number of ether oxygens (including phenoxy) is 1. The lowest BCUT2D eigenvalue weighted by Crippen LogP contribution is -2.45. The lowest BCUT2D eigenvalue weighted by molar-refractivity contribution is -0.124. The van der Waals surface area contributed by atoms with Crippen LogP contribution in [0.1, 0.15) is 38.7 Å². The molecule has 0 radical (unpaired) electrons. The molecule has 0 bridgehead atoms. The first-order chi connectivity index (χ1) is 10.1. The molecule has 0 saturated heterocycles. The van der Waals surface area contributed by atoms with E-state index in [0.29, 0.717) is 23.1 Å². The number of carbonyl (C=O) groups is 1. The Morgan fingerprint density at radius 2 is 2.14 bits per heavy atom. The minimum absolute atomic E-state index is 0.0453. The summed E-state index contributed by atoms with van der Waals surface area (Å²) >= 11 is 0. The van der Waals surface area contributed by atoms with Gasteiger partial charge in [-0.05, 0) is 30.4 Å². The number of hydrogen-bond donors (Lipinski definition) is 1. The van der Waals surface area contributed by atoms with Crippen molar-refractivity contribution in [2.24, 2.45) is 11.8 Å². The van der Waals surface area contributed by atoms with Gasteiger partial charge in [-0.1, -0.05) is 38.8 Å². The van der Waals surface area contributed by atoms with Crippen molar-refractivity contribution in [2.45, 2.75) is 39.2 Å². The highest BCUT2D eigenvalue weighted by Gasteiger charge is 2.28. The number of nitriles is 1. The zero-order chi connectivity index (χ0) is 15.2. The van der Waals surface area contributed by atoms with Crippen molar-refractivity contribution in [1.82, 2.24) is 5.32 Å². The maximum absolute atomic E-state index is 12.0. The summed E-state index contributed by atoms with van der Waals surface area (Å²) in [6, 6.07) is 9.24. The summed E-state index contributed by atoms with van der Waals surface area (Å²) in [5, 5.41) is 12.0. The van der Waals surface area contributed by atoms with Crippen molar-refractivity contribution in [3.05, 3.63) is 29.8 Å². The minimum Gasteiger partial charge on any atom is -0.482 e. The molecule has 0 unspecified atom stereocenters. The molecule has 2 rings (SSSR count). The van der Waals surface area contributed by atoms with Gasteiger partial charge in [0.25, 0.3) is 5.91 Å². The van der Waals surface area contributed by atoms with Crippen LogP contribution in [0.2, 0.25) is 0 Å². The topological polar surface area (TPSA) is 62.1 Å². The normalized spacial score (nSPS) is 24.9. The first-order valence-electron chi connectivity index (χ1n) is 7.53. The van der Waals surface area contributed by atoms with Crippen LogP contribution in [0.5, 0.6) is 5.75 Å². The molecule has 1 aromatic carbocycles. The summed E-state index contributed by atoms with van der Waals surface area (Å²) in [6.45, 7) is 4.39. The molecule has 1 amide bonds. The molecule has 0 heterocycles. The minimum atomic E-state index is -0.117. The van der Waals surface area contributed by atoms with Crippen LogP contribution in [0.25, 0.3) is 0 Å². The fraction of sp³-hybridized carbons (Fsp3) is 0.529. The van der Waals surface area contributed by atoms with E-state index in [4.69, 9.17) is 10.00 Å². The van der Waals surface area contributed by atoms with Crippen LogP contribution in [-0.4, -0.2) is 18.6 Å². The van der Waals surface area contributed by atoms with Gasteiger partial charge in [0, 0.05) is 6.04 Å². The maximum Gasteiger partial charge on any atom is 0.258 e. The summed E-state index contributed by atoms with van der Waals surface area (Å²) in [4.78, 5) is 12.0. The van der Waals surface area contributed by atoms with Gasteiger partial charge in [-0.2, -0.15) is 5.26 Å². The monoisotopic (exact) mass is 286 g/mol. The molecule has 0 spiro atoms. The van der Waals surface area contributed by atoms with Crippen molar-refractivity contribution < 1.29 is 9.53 Å². The van der Waals surface area contributed by atoms with Crippen LogP contribution in [0, 0.1) is 23.2 Å². The van der Waals surface area contributed by atoms with Crippen LogP contribution in [-0.2, 0) is 4.79 Å². The molecule has 1 aliphatic rings. The number of amides is 1. The maximum atomic E-state index is 12.0. The van der Waals surface area contributed by atoms with Gasteiger partial charge in [0.05, 0.1) is 5.56 Å². The van der Waals surface area contributed by atoms with Crippen LogP contribution in [0.4, 0.5) is 0 Å². The molecule has 4 nitrogen and oxygen atoms in total. The molecule has 1 aromatic rings. The molecule has 3 atom stereocenters. The number of benzene rings is 1. The molecule has 0 aliphatic heterocycles. The molecule has 4 heteroatoms. The molecule has 21 heavy (non-hydrogen) atoms. The highest BCUT2D eigenvalue weighted by atomic mass is 16.5. The molecular weight excluding hydrogens is 264 g/mol. The van der Waals surface area contributed by atoms with E-state index in [1.54, 1.807) is 24.3 Å². The Balaban J connectivity index is 1.86. The zero-order valence-electron chi connectivity index (χ0n) is 12.6. The van der Waals surface area contributed by atoms with Gasteiger partial charge in [-0.3, -0.25) is 4.79 Å². The van der Waals surface area contributed by atoms with E-state index < -0.39 is 0 Å². The highest BCUT2D eigenvalue weighted by molar-refractivity contribution is 5.78. The Morgan fingerprint density at radius 3 is 2.90 bits per heavy atom. The van der Waals surface area contributed by atoms with E-state index in [-0.39, 0.29) is 18.6 Å². The fourth-order valence-electron chi connectivity index (χ4n) is 2.86. The number of para-hydroxylation sites is 1. The van der Waals surface area contributed by atoms with Gasteiger partial charge < -0.3 is 10.1 Å². The summed E-state index contributed by atoms with van der Waals surface area (Å²) in [6.07, 6.45) is 3.43. The van der Waals surface area contributed by atoms with Crippen LogP contribution in [0.15, 0.2) is 24.3 Å². The zero-order valence-corrected chi connectivity index (χ0v) is 12.6. The average molecular weight is 286 g/mol. The fourth-order valence-corrected chi connectivity index (χ4v) is 2.86. The Kier molecular flexibility index (Phi) is 5.21. The van der Waals surface area contributed by atoms with Gasteiger partial charge in [-0.25, -0.2) is 0 Å². The molecular formula is C17H22N2O2. The summed E-state index contributed by atoms with van der Waals surface area (Å²) < 4.78 is 5.46. The average Bonchev–Trinajstić information content (AvgIpc) is 2.50. The molecule has 0 aromatic heterocycles. The standard InChI is InChI=1S/C17H22N2O2/c1-12-6-5-8-15(13(12)2)19-17(20)11-21-16-9-4-3-7-14(16)10-18/h3-4,7,9,12-13,15H,5-6,8,11H2,1-2H3,(H,19,20)/t12-,13+,15-/m0/s1. The van der Waals surface area contributed by atoms with E-state index in [0.717, 1.165) is 12.8 Å². The second kappa shape index (κ2) is 7.12. The van der Waals surface area contributed by atoms with Crippen molar-refractivity contribution in [3.63, 3.8) is 0 Å². The van der Waals surface area contributed by atoms with Crippen LogP contribution in [0.3, 0.4) is 0 Å². The first-order valence-corrected chi connectivity index (χ1v) is 7.53. The van der Waals surface area contributed by atoms with E-state index >= 15 is 0 Å². The van der Waals surface area contributed by atoms with E-state index in [9.17, 15) is 4.79 Å². The van der Waals surface area contributed by atoms with E-state index in [1.807, 2.05) is 0 Å². The largest absolute Gasteiger partial charge is 0.482 e. The number of nitrogens with zero attached hydrogens (tertiary/aromatic N) is 1. The molecule has 1 saturated carbocycles. The third kappa shape index (κ3) is 3.98. The number of nitrogens with one attached hydrogen (secondary N) is 1. The predicted molar refractivity (Wildman–Crippen MR) is 80.8 cm³/mol. The lowest BCUT2D eigenvalue weighted by Gasteiger charge is -2.34. The second-order valence-corrected chi connectivity index (χ2v) is 5.84. The molecule has 1 aliphatic carbocycles.